The Hall–Kier alpha value is -2.23. The number of nitrogens with zero attached hydrogens (tertiary/aromatic N) is 1. The number of hydrogen-bond acceptors (Lipinski definition) is 5. The van der Waals surface area contributed by atoms with Gasteiger partial charge in [-0.3, -0.25) is 14.2 Å². The van der Waals surface area contributed by atoms with Gasteiger partial charge in [-0.1, -0.05) is 0 Å². The van der Waals surface area contributed by atoms with Crippen molar-refractivity contribution in [2.24, 2.45) is 7.05 Å². The van der Waals surface area contributed by atoms with Gasteiger partial charge in [0.1, 0.15) is 17.2 Å². The number of benzene rings is 1. The van der Waals surface area contributed by atoms with Crippen molar-refractivity contribution in [3.63, 3.8) is 0 Å². The molecule has 0 unspecified atom stereocenters. The van der Waals surface area contributed by atoms with E-state index >= 15 is 0 Å². The van der Waals surface area contributed by atoms with E-state index in [1.54, 1.807) is 6.07 Å². The van der Waals surface area contributed by atoms with E-state index in [9.17, 15) is 18.8 Å². The molecule has 0 amide bonds. The summed E-state index contributed by atoms with van der Waals surface area (Å²) in [7, 11) is 2.54. The van der Waals surface area contributed by atoms with Crippen molar-refractivity contribution >= 4 is 46.4 Å². The number of methoxy groups -OCH3 is 1. The van der Waals surface area contributed by atoms with Gasteiger partial charge in [-0.15, -0.1) is 0 Å². The highest BCUT2D eigenvalue weighted by Gasteiger charge is 2.19. The third-order valence-electron chi connectivity index (χ3n) is 3.16. The van der Waals surface area contributed by atoms with E-state index in [0.717, 1.165) is 10.6 Å². The Morgan fingerprint density at radius 2 is 2.09 bits per heavy atom. The van der Waals surface area contributed by atoms with Gasteiger partial charge in [0.2, 0.25) is 0 Å². The first-order chi connectivity index (χ1) is 10.9. The molecular weight excluding hydrogens is 418 g/mol. The maximum atomic E-state index is 14.0. The van der Waals surface area contributed by atoms with Crippen molar-refractivity contribution in [2.75, 3.05) is 12.4 Å². The van der Waals surface area contributed by atoms with Crippen molar-refractivity contribution in [1.82, 2.24) is 4.57 Å². The van der Waals surface area contributed by atoms with Crippen LogP contribution < -0.4 is 10.9 Å². The van der Waals surface area contributed by atoms with Gasteiger partial charge in [-0.25, -0.2) is 9.18 Å². The molecular formula is C15H12FIN2O4. The molecule has 0 bridgehead atoms. The first kappa shape index (κ1) is 17.1. The molecule has 2 aromatic rings. The molecule has 0 aliphatic carbocycles. The predicted octanol–water partition coefficient (Wildman–Crippen LogP) is 2.47. The van der Waals surface area contributed by atoms with E-state index in [4.69, 9.17) is 0 Å². The van der Waals surface area contributed by atoms with E-state index < -0.39 is 17.3 Å². The Morgan fingerprint density at radius 1 is 1.39 bits per heavy atom. The average Bonchev–Trinajstić information content (AvgIpc) is 2.53. The third-order valence-corrected chi connectivity index (χ3v) is 3.83. The van der Waals surface area contributed by atoms with Crippen LogP contribution in [0.1, 0.15) is 20.7 Å². The normalized spacial score (nSPS) is 10.3. The van der Waals surface area contributed by atoms with Crippen LogP contribution >= 0.6 is 22.6 Å². The lowest BCUT2D eigenvalue weighted by atomic mass is 10.1. The molecule has 1 aromatic carbocycles. The lowest BCUT2D eigenvalue weighted by Crippen LogP contribution is -2.26. The van der Waals surface area contributed by atoms with E-state index in [1.165, 1.54) is 26.3 Å². The van der Waals surface area contributed by atoms with Gasteiger partial charge in [0.15, 0.2) is 6.29 Å². The quantitative estimate of drug-likeness (QED) is 0.458. The van der Waals surface area contributed by atoms with Crippen molar-refractivity contribution in [1.29, 1.82) is 0 Å². The van der Waals surface area contributed by atoms with Crippen molar-refractivity contribution in [3.05, 3.63) is 55.1 Å². The molecule has 120 valence electrons. The van der Waals surface area contributed by atoms with Crippen LogP contribution in [-0.4, -0.2) is 23.9 Å². The molecule has 1 heterocycles. The minimum absolute atomic E-state index is 0.0348. The molecule has 23 heavy (non-hydrogen) atoms. The molecule has 0 radical (unpaired) electrons. The molecule has 1 aromatic heterocycles. The van der Waals surface area contributed by atoms with E-state index in [-0.39, 0.29) is 22.6 Å². The average molecular weight is 430 g/mol. The number of nitrogens with one attached hydrogen (secondary N) is 1. The molecule has 6 nitrogen and oxygen atoms in total. The molecule has 0 spiro atoms. The highest BCUT2D eigenvalue weighted by atomic mass is 127. The highest BCUT2D eigenvalue weighted by molar-refractivity contribution is 14.1. The maximum Gasteiger partial charge on any atom is 0.341 e. The van der Waals surface area contributed by atoms with Crippen LogP contribution in [-0.2, 0) is 11.8 Å². The van der Waals surface area contributed by atoms with Crippen molar-refractivity contribution in [2.45, 2.75) is 0 Å². The molecule has 0 atom stereocenters. The summed E-state index contributed by atoms with van der Waals surface area (Å²) in [6, 6.07) is 5.57. The van der Waals surface area contributed by atoms with Gasteiger partial charge < -0.3 is 10.1 Å². The summed E-state index contributed by atoms with van der Waals surface area (Å²) >= 11 is 1.96. The molecule has 0 fully saturated rings. The number of anilines is 2. The Morgan fingerprint density at radius 3 is 2.65 bits per heavy atom. The SMILES string of the molecule is COC(=O)c1cc(C=O)c(=O)n(C)c1Nc1ccc(I)cc1F. The Kier molecular flexibility index (Phi) is 5.14. The molecule has 1 N–H and O–H groups in total. The number of aldehydes is 1. The summed E-state index contributed by atoms with van der Waals surface area (Å²) in [6.45, 7) is 0. The molecule has 8 heteroatoms. The molecule has 2 rings (SSSR count). The second-order valence-electron chi connectivity index (χ2n) is 4.58. The van der Waals surface area contributed by atoms with Crippen LogP contribution in [0.3, 0.4) is 0 Å². The number of ether oxygens (including phenoxy) is 1. The number of aromatic nitrogens is 1. The first-order valence-corrected chi connectivity index (χ1v) is 7.46. The van der Waals surface area contributed by atoms with E-state index in [0.29, 0.717) is 9.86 Å². The lowest BCUT2D eigenvalue weighted by Gasteiger charge is -2.16. The second kappa shape index (κ2) is 6.90. The molecule has 0 saturated heterocycles. The first-order valence-electron chi connectivity index (χ1n) is 6.38. The predicted molar refractivity (Wildman–Crippen MR) is 90.8 cm³/mol. The van der Waals surface area contributed by atoms with Crippen molar-refractivity contribution < 1.29 is 18.7 Å². The molecule has 0 aliphatic rings. The summed E-state index contributed by atoms with van der Waals surface area (Å²) in [4.78, 5) is 34.9. The number of halogens is 2. The zero-order chi connectivity index (χ0) is 17.1. The summed E-state index contributed by atoms with van der Waals surface area (Å²) in [5.74, 6) is -1.26. The summed E-state index contributed by atoms with van der Waals surface area (Å²) in [5, 5.41) is 2.71. The summed E-state index contributed by atoms with van der Waals surface area (Å²) in [5.41, 5.74) is -0.762. The fraction of sp³-hybridized carbons (Fsp3) is 0.133. The Bertz CT molecular complexity index is 848. The number of carbonyl (C=O) groups is 2. The van der Waals surface area contributed by atoms with Crippen molar-refractivity contribution in [3.8, 4) is 0 Å². The topological polar surface area (TPSA) is 77.4 Å². The third kappa shape index (κ3) is 3.41. The zero-order valence-corrected chi connectivity index (χ0v) is 14.4. The minimum atomic E-state index is -0.753. The Balaban J connectivity index is 2.64. The standard InChI is InChI=1S/C15H12FIN2O4/c1-19-13(18-12-4-3-9(17)6-11(12)16)10(15(22)23-2)5-8(7-20)14(19)21/h3-7,18H,1-2H3. The fourth-order valence-electron chi connectivity index (χ4n) is 1.98. The van der Waals surface area contributed by atoms with E-state index in [1.807, 2.05) is 22.6 Å². The smallest absolute Gasteiger partial charge is 0.341 e. The molecule has 0 saturated carbocycles. The van der Waals surface area contributed by atoms with Gasteiger partial charge in [0.05, 0.1) is 18.4 Å². The monoisotopic (exact) mass is 430 g/mol. The van der Waals surface area contributed by atoms with Crippen LogP contribution in [0, 0.1) is 9.39 Å². The number of pyridine rings is 1. The highest BCUT2D eigenvalue weighted by Crippen LogP contribution is 2.24. The van der Waals surface area contributed by atoms with Crippen LogP contribution in [0.4, 0.5) is 15.9 Å². The summed E-state index contributed by atoms with van der Waals surface area (Å²) < 4.78 is 20.4. The molecule has 0 aliphatic heterocycles. The lowest BCUT2D eigenvalue weighted by molar-refractivity contribution is 0.0601. The van der Waals surface area contributed by atoms with Gasteiger partial charge in [0, 0.05) is 10.6 Å². The fourth-order valence-corrected chi connectivity index (χ4v) is 2.43. The maximum absolute atomic E-state index is 14.0. The van der Waals surface area contributed by atoms with Gasteiger partial charge >= 0.3 is 5.97 Å². The second-order valence-corrected chi connectivity index (χ2v) is 5.83. The van der Waals surface area contributed by atoms with Crippen LogP contribution in [0.2, 0.25) is 0 Å². The number of rotatable bonds is 4. The van der Waals surface area contributed by atoms with Gasteiger partial charge in [0.25, 0.3) is 5.56 Å². The Labute approximate surface area is 144 Å². The number of esters is 1. The van der Waals surface area contributed by atoms with E-state index in [2.05, 4.69) is 10.1 Å². The van der Waals surface area contributed by atoms with Crippen LogP contribution in [0.25, 0.3) is 0 Å². The summed E-state index contributed by atoms with van der Waals surface area (Å²) in [6.07, 6.45) is 0.351. The van der Waals surface area contributed by atoms with Crippen LogP contribution in [0.15, 0.2) is 29.1 Å². The number of hydrogen-bond donors (Lipinski definition) is 1. The number of carbonyl (C=O) groups excluding carboxylic acids is 2. The largest absolute Gasteiger partial charge is 0.465 e. The van der Waals surface area contributed by atoms with Gasteiger partial charge in [-0.05, 0) is 46.9 Å². The van der Waals surface area contributed by atoms with Crippen LogP contribution in [0.5, 0.6) is 0 Å². The minimum Gasteiger partial charge on any atom is -0.465 e. The van der Waals surface area contributed by atoms with Gasteiger partial charge in [-0.2, -0.15) is 0 Å². The zero-order valence-electron chi connectivity index (χ0n) is 12.2.